The fraction of sp³-hybridized carbons (Fsp3) is 0.300. The molecule has 4 rings (SSSR count). The van der Waals surface area contributed by atoms with E-state index < -0.39 is 17.7 Å². The molecular weight excluding hydrogens is 388 g/mol. The zero-order chi connectivity index (χ0) is 20.1. The largest absolute Gasteiger partial charge is 0.391 e. The van der Waals surface area contributed by atoms with Gasteiger partial charge in [-0.25, -0.2) is 13.6 Å². The van der Waals surface area contributed by atoms with E-state index >= 15 is 0 Å². The molecule has 28 heavy (non-hydrogen) atoms. The van der Waals surface area contributed by atoms with Gasteiger partial charge in [0.15, 0.2) is 0 Å². The Morgan fingerprint density at radius 2 is 2.00 bits per heavy atom. The summed E-state index contributed by atoms with van der Waals surface area (Å²) in [6.07, 6.45) is 0.878. The van der Waals surface area contributed by atoms with Crippen LogP contribution in [0, 0.1) is 0 Å². The van der Waals surface area contributed by atoms with Crippen molar-refractivity contribution in [3.63, 3.8) is 0 Å². The van der Waals surface area contributed by atoms with Crippen molar-refractivity contribution >= 4 is 28.3 Å². The molecule has 1 aliphatic carbocycles. The number of hydrogen-bond donors (Lipinski definition) is 2. The number of benzene rings is 2. The van der Waals surface area contributed by atoms with Crippen molar-refractivity contribution < 1.29 is 13.9 Å². The summed E-state index contributed by atoms with van der Waals surface area (Å²) in [4.78, 5) is 16.9. The molecule has 0 aliphatic heterocycles. The molecule has 2 N–H and O–H groups in total. The summed E-state index contributed by atoms with van der Waals surface area (Å²) >= 11 is 6.25. The molecule has 1 saturated carbocycles. The fourth-order valence-electron chi connectivity index (χ4n) is 3.30. The van der Waals surface area contributed by atoms with Gasteiger partial charge in [-0.1, -0.05) is 29.8 Å². The molecule has 0 radical (unpaired) electrons. The highest BCUT2D eigenvalue weighted by molar-refractivity contribution is 6.32. The van der Waals surface area contributed by atoms with Gasteiger partial charge in [0, 0.05) is 17.9 Å². The Labute approximate surface area is 164 Å². The van der Waals surface area contributed by atoms with Crippen LogP contribution in [0.2, 0.25) is 5.02 Å². The molecule has 2 atom stereocenters. The Kier molecular flexibility index (Phi) is 4.59. The number of nitrogens with zero attached hydrogens (tertiary/aromatic N) is 2. The maximum Gasteiger partial charge on any atom is 0.354 e. The molecule has 0 bridgehead atoms. The predicted molar refractivity (Wildman–Crippen MR) is 105 cm³/mol. The molecule has 8 heteroatoms. The standard InChI is InChI=1S/C20H18ClF2N3O2/c1-20(22,23)11-6-7-12-16(10-11)26(15-5-3-2-4-13(15)21)19(28)25-18(12)24-14-8-9-17(14)27/h2-7,10,14,17,27H,8-9H2,1H3,(H,24,25,28)/t14?,17-/m1/s1. The van der Waals surface area contributed by atoms with Gasteiger partial charge in [-0.05, 0) is 37.1 Å². The number of rotatable bonds is 4. The second-order valence-electron chi connectivity index (χ2n) is 7.05. The normalized spacial score (nSPS) is 19.5. The molecule has 0 saturated heterocycles. The number of fused-ring (bicyclic) bond motifs is 1. The zero-order valence-electron chi connectivity index (χ0n) is 15.0. The average molecular weight is 406 g/mol. The fourth-order valence-corrected chi connectivity index (χ4v) is 3.52. The van der Waals surface area contributed by atoms with E-state index in [1.54, 1.807) is 24.3 Å². The number of halogens is 3. The van der Waals surface area contributed by atoms with Crippen LogP contribution in [-0.2, 0) is 5.92 Å². The van der Waals surface area contributed by atoms with Crippen LogP contribution in [-0.4, -0.2) is 26.8 Å². The summed E-state index contributed by atoms with van der Waals surface area (Å²) < 4.78 is 29.1. The Balaban J connectivity index is 1.99. The third-order valence-electron chi connectivity index (χ3n) is 5.05. The molecule has 1 unspecified atom stereocenters. The van der Waals surface area contributed by atoms with E-state index in [0.29, 0.717) is 22.5 Å². The van der Waals surface area contributed by atoms with Crippen LogP contribution in [0.15, 0.2) is 47.3 Å². The van der Waals surface area contributed by atoms with Crippen LogP contribution in [0.4, 0.5) is 14.6 Å². The van der Waals surface area contributed by atoms with Crippen molar-refractivity contribution in [2.75, 3.05) is 5.32 Å². The molecule has 1 heterocycles. The lowest BCUT2D eigenvalue weighted by Gasteiger charge is -2.33. The quantitative estimate of drug-likeness (QED) is 0.686. The third kappa shape index (κ3) is 3.25. The minimum atomic E-state index is -3.07. The average Bonchev–Trinajstić information content (AvgIpc) is 2.64. The van der Waals surface area contributed by atoms with E-state index in [1.165, 1.54) is 22.8 Å². The SMILES string of the molecule is CC(F)(F)c1ccc2c(NC3CC[C@H]3O)nc(=O)n(-c3ccccc3Cl)c2c1. The lowest BCUT2D eigenvalue weighted by Crippen LogP contribution is -2.43. The van der Waals surface area contributed by atoms with Crippen molar-refractivity contribution in [1.82, 2.24) is 9.55 Å². The van der Waals surface area contributed by atoms with Gasteiger partial charge in [-0.3, -0.25) is 4.57 Å². The van der Waals surface area contributed by atoms with Crippen LogP contribution in [0.1, 0.15) is 25.3 Å². The minimum Gasteiger partial charge on any atom is -0.391 e. The first kappa shape index (κ1) is 18.8. The van der Waals surface area contributed by atoms with Gasteiger partial charge in [-0.2, -0.15) is 4.98 Å². The molecule has 1 fully saturated rings. The number of aromatic nitrogens is 2. The number of hydrogen-bond acceptors (Lipinski definition) is 4. The lowest BCUT2D eigenvalue weighted by atomic mass is 9.89. The van der Waals surface area contributed by atoms with Crippen molar-refractivity contribution in [2.45, 2.75) is 37.8 Å². The van der Waals surface area contributed by atoms with Crippen molar-refractivity contribution in [2.24, 2.45) is 0 Å². The first-order chi connectivity index (χ1) is 13.3. The predicted octanol–water partition coefficient (Wildman–Crippen LogP) is 4.09. The van der Waals surface area contributed by atoms with E-state index in [0.717, 1.165) is 13.3 Å². The number of anilines is 1. The Morgan fingerprint density at radius 3 is 2.61 bits per heavy atom. The molecule has 3 aromatic rings. The highest BCUT2D eigenvalue weighted by Gasteiger charge is 2.30. The van der Waals surface area contributed by atoms with Gasteiger partial charge in [-0.15, -0.1) is 0 Å². The molecular formula is C20H18ClF2N3O2. The first-order valence-electron chi connectivity index (χ1n) is 8.90. The van der Waals surface area contributed by atoms with Gasteiger partial charge in [0.2, 0.25) is 0 Å². The maximum atomic E-state index is 13.9. The molecule has 1 aliphatic rings. The maximum absolute atomic E-state index is 13.9. The van der Waals surface area contributed by atoms with Gasteiger partial charge >= 0.3 is 5.69 Å². The summed E-state index contributed by atoms with van der Waals surface area (Å²) in [5.41, 5.74) is -0.239. The van der Waals surface area contributed by atoms with Crippen LogP contribution in [0.3, 0.4) is 0 Å². The number of aliphatic hydroxyl groups is 1. The topological polar surface area (TPSA) is 67.2 Å². The summed E-state index contributed by atoms with van der Waals surface area (Å²) in [6, 6.07) is 10.5. The monoisotopic (exact) mass is 405 g/mol. The van der Waals surface area contributed by atoms with Gasteiger partial charge < -0.3 is 10.4 Å². The Hall–Kier alpha value is -2.51. The van der Waals surface area contributed by atoms with E-state index in [4.69, 9.17) is 11.6 Å². The van der Waals surface area contributed by atoms with E-state index in [1.807, 2.05) is 0 Å². The molecule has 1 aromatic heterocycles. The summed E-state index contributed by atoms with van der Waals surface area (Å²) in [5.74, 6) is -2.81. The van der Waals surface area contributed by atoms with Crippen molar-refractivity contribution in [1.29, 1.82) is 0 Å². The van der Waals surface area contributed by atoms with E-state index in [9.17, 15) is 18.7 Å². The smallest absolute Gasteiger partial charge is 0.354 e. The van der Waals surface area contributed by atoms with Gasteiger partial charge in [0.1, 0.15) is 5.82 Å². The number of para-hydroxylation sites is 1. The first-order valence-corrected chi connectivity index (χ1v) is 9.28. The Morgan fingerprint density at radius 1 is 1.25 bits per heavy atom. The second kappa shape index (κ2) is 6.83. The van der Waals surface area contributed by atoms with Crippen LogP contribution in [0.25, 0.3) is 16.6 Å². The highest BCUT2D eigenvalue weighted by atomic mass is 35.5. The van der Waals surface area contributed by atoms with Gasteiger partial charge in [0.05, 0.1) is 28.4 Å². The number of alkyl halides is 2. The highest BCUT2D eigenvalue weighted by Crippen LogP contribution is 2.33. The number of aliphatic hydroxyl groups excluding tert-OH is 1. The van der Waals surface area contributed by atoms with Crippen molar-refractivity contribution in [3.8, 4) is 5.69 Å². The van der Waals surface area contributed by atoms with Crippen LogP contribution < -0.4 is 11.0 Å². The molecule has 146 valence electrons. The summed E-state index contributed by atoms with van der Waals surface area (Å²) in [5, 5.41) is 13.7. The molecule has 0 amide bonds. The van der Waals surface area contributed by atoms with Gasteiger partial charge in [0.25, 0.3) is 5.92 Å². The minimum absolute atomic E-state index is 0.221. The number of nitrogens with one attached hydrogen (secondary N) is 1. The van der Waals surface area contributed by atoms with Crippen LogP contribution >= 0.6 is 11.6 Å². The molecule has 5 nitrogen and oxygen atoms in total. The zero-order valence-corrected chi connectivity index (χ0v) is 15.8. The third-order valence-corrected chi connectivity index (χ3v) is 5.37. The van der Waals surface area contributed by atoms with Crippen molar-refractivity contribution in [3.05, 3.63) is 63.5 Å². The van der Waals surface area contributed by atoms with E-state index in [2.05, 4.69) is 10.3 Å². The molecule has 0 spiro atoms. The van der Waals surface area contributed by atoms with E-state index in [-0.39, 0.29) is 22.9 Å². The van der Waals surface area contributed by atoms with Crippen LogP contribution in [0.5, 0.6) is 0 Å². The summed E-state index contributed by atoms with van der Waals surface area (Å²) in [6.45, 7) is 0.803. The Bertz CT molecular complexity index is 1110. The summed E-state index contributed by atoms with van der Waals surface area (Å²) in [7, 11) is 0. The lowest BCUT2D eigenvalue weighted by molar-refractivity contribution is 0.0176. The second-order valence-corrected chi connectivity index (χ2v) is 7.45. The molecule has 2 aromatic carbocycles.